The molecule has 0 unspecified atom stereocenters. The largest absolute Gasteiger partial charge is 0.481 e. The van der Waals surface area contributed by atoms with Crippen LogP contribution in [0.25, 0.3) is 0 Å². The average molecular weight is 984 g/mol. The highest BCUT2D eigenvalue weighted by Crippen LogP contribution is 2.09. The Hall–Kier alpha value is -7.67. The topological polar surface area (TPSA) is 545 Å². The van der Waals surface area contributed by atoms with E-state index >= 15 is 0 Å². The van der Waals surface area contributed by atoms with Crippen LogP contribution in [0.3, 0.4) is 0 Å². The lowest BCUT2D eigenvalue weighted by atomic mass is 10.0. The zero-order valence-electron chi connectivity index (χ0n) is 38.0. The number of aromatic nitrogens is 2. The number of hydrogen-bond acceptors (Lipinski definition) is 16. The quantitative estimate of drug-likeness (QED) is 0.0177. The van der Waals surface area contributed by atoms with E-state index in [2.05, 4.69) is 57.2 Å². The van der Waals surface area contributed by atoms with E-state index in [-0.39, 0.29) is 69.5 Å². The maximum absolute atomic E-state index is 13.7. The van der Waals surface area contributed by atoms with Gasteiger partial charge in [0.2, 0.25) is 47.3 Å². The lowest BCUT2D eigenvalue weighted by molar-refractivity contribution is -0.142. The van der Waals surface area contributed by atoms with Gasteiger partial charge in [0.15, 0.2) is 11.9 Å². The van der Waals surface area contributed by atoms with E-state index in [1.54, 1.807) is 13.8 Å². The van der Waals surface area contributed by atoms with Crippen molar-refractivity contribution >= 4 is 71.1 Å². The molecule has 1 heterocycles. The van der Waals surface area contributed by atoms with Crippen LogP contribution in [-0.4, -0.2) is 176 Å². The lowest BCUT2D eigenvalue weighted by Crippen LogP contribution is -2.61. The number of imidazole rings is 1. The molecule has 0 spiro atoms. The van der Waals surface area contributed by atoms with E-state index in [1.807, 2.05) is 0 Å². The zero-order valence-corrected chi connectivity index (χ0v) is 38.0. The molecule has 8 amide bonds. The lowest BCUT2D eigenvalue weighted by Gasteiger charge is -2.27. The van der Waals surface area contributed by atoms with Gasteiger partial charge in [0, 0.05) is 31.4 Å². The number of aromatic amines is 1. The van der Waals surface area contributed by atoms with Gasteiger partial charge in [-0.15, -0.1) is 0 Å². The summed E-state index contributed by atoms with van der Waals surface area (Å²) in [5.74, 6) is -12.6. The number of primary amides is 1. The molecule has 0 bridgehead atoms. The normalized spacial score (nSPS) is 14.3. The van der Waals surface area contributed by atoms with Gasteiger partial charge in [-0.2, -0.15) is 0 Å². The third kappa shape index (κ3) is 23.6. The fraction of sp³-hybridized carbons (Fsp3) is 0.605. The molecule has 0 aliphatic heterocycles. The SMILES string of the molecule is CC(C)C[C@H](NC(=O)[C@H](CC(=O)O)NC(=O)[C@H](CO)NC(=O)[C@H](CCCN=C(N)N)NC(=O)[C@@H](N)CC(N)=O)C(=O)N[C@@H](CO)C(=O)N[C@@H](CCCN=C(N)N)C(=O)N[C@@H](Cc1cnc[nH]1)C(=O)O. The first-order valence-electron chi connectivity index (χ1n) is 21.3. The highest BCUT2D eigenvalue weighted by Gasteiger charge is 2.35. The van der Waals surface area contributed by atoms with Crippen LogP contribution in [0.15, 0.2) is 22.5 Å². The van der Waals surface area contributed by atoms with Gasteiger partial charge in [0.25, 0.3) is 0 Å². The molecule has 0 aliphatic rings. The molecule has 1 aromatic rings. The maximum Gasteiger partial charge on any atom is 0.326 e. The van der Waals surface area contributed by atoms with Gasteiger partial charge in [-0.05, 0) is 38.0 Å². The number of nitrogens with two attached hydrogens (primary N) is 6. The number of carbonyl (C=O) groups excluding carboxylic acids is 8. The fourth-order valence-corrected chi connectivity index (χ4v) is 6.06. The summed E-state index contributed by atoms with van der Waals surface area (Å²) < 4.78 is 0. The summed E-state index contributed by atoms with van der Waals surface area (Å²) in [6, 6.07) is -13.1. The number of amides is 8. The number of hydrogen-bond donors (Lipinski definition) is 18. The molecule has 31 nitrogen and oxygen atoms in total. The predicted molar refractivity (Wildman–Crippen MR) is 241 cm³/mol. The van der Waals surface area contributed by atoms with Crippen LogP contribution in [0.2, 0.25) is 0 Å². The number of nitrogens with one attached hydrogen (secondary N) is 8. The first-order valence-corrected chi connectivity index (χ1v) is 21.3. The molecule has 8 atom stereocenters. The minimum absolute atomic E-state index is 0.00681. The Morgan fingerprint density at radius 3 is 1.41 bits per heavy atom. The molecule has 0 saturated heterocycles. The number of aliphatic hydroxyl groups excluding tert-OH is 2. The van der Waals surface area contributed by atoms with Crippen molar-refractivity contribution in [1.29, 1.82) is 0 Å². The number of carboxylic acids is 2. The molecule has 0 radical (unpaired) electrons. The highest BCUT2D eigenvalue weighted by molar-refractivity contribution is 5.98. The van der Waals surface area contributed by atoms with E-state index in [0.717, 1.165) is 0 Å². The van der Waals surface area contributed by atoms with Crippen LogP contribution >= 0.6 is 0 Å². The number of carbonyl (C=O) groups is 10. The van der Waals surface area contributed by atoms with Crippen molar-refractivity contribution in [2.45, 2.75) is 114 Å². The molecule has 0 saturated carbocycles. The third-order valence-electron chi connectivity index (χ3n) is 9.49. The summed E-state index contributed by atoms with van der Waals surface area (Å²) >= 11 is 0. The Bertz CT molecular complexity index is 1980. The number of H-pyrrole nitrogens is 1. The van der Waals surface area contributed by atoms with Crippen LogP contribution in [0.4, 0.5) is 0 Å². The van der Waals surface area contributed by atoms with Crippen molar-refractivity contribution < 1.29 is 68.4 Å². The van der Waals surface area contributed by atoms with Gasteiger partial charge in [0.1, 0.15) is 42.3 Å². The first kappa shape index (κ1) is 59.3. The second-order valence-electron chi connectivity index (χ2n) is 15.8. The fourth-order valence-electron chi connectivity index (χ4n) is 6.06. The molecular formula is C38H65N17O14. The smallest absolute Gasteiger partial charge is 0.326 e. The first-order chi connectivity index (χ1) is 32.4. The summed E-state index contributed by atoms with van der Waals surface area (Å²) in [4.78, 5) is 143. The summed E-state index contributed by atoms with van der Waals surface area (Å²) in [5, 5.41) is 55.5. The second kappa shape index (κ2) is 30.6. The minimum Gasteiger partial charge on any atom is -0.481 e. The number of rotatable bonds is 33. The van der Waals surface area contributed by atoms with E-state index < -0.39 is 134 Å². The minimum atomic E-state index is -1.97. The van der Waals surface area contributed by atoms with Gasteiger partial charge >= 0.3 is 11.9 Å². The molecule has 0 aliphatic carbocycles. The number of aliphatic imine (C=N–C) groups is 2. The number of carboxylic acid groups (broad SMARTS) is 2. The van der Waals surface area contributed by atoms with Crippen molar-refractivity contribution in [1.82, 2.24) is 47.2 Å². The van der Waals surface area contributed by atoms with E-state index in [1.165, 1.54) is 12.5 Å². The Morgan fingerprint density at radius 2 is 1.00 bits per heavy atom. The molecular weight excluding hydrogens is 919 g/mol. The molecule has 1 aromatic heterocycles. The van der Waals surface area contributed by atoms with Gasteiger partial charge in [-0.1, -0.05) is 13.8 Å². The van der Waals surface area contributed by atoms with Gasteiger partial charge in [-0.25, -0.2) is 9.78 Å². The van der Waals surface area contributed by atoms with Crippen LogP contribution in [0.5, 0.6) is 0 Å². The monoisotopic (exact) mass is 983 g/mol. The van der Waals surface area contributed by atoms with Crippen LogP contribution in [0, 0.1) is 5.92 Å². The standard InChI is InChI=1S/C38H65N17O14/c1-17(2)9-22(32(64)55-25(14-56)34(66)50-21(6-4-8-47-38(43)44)30(62)53-24(36(68)69)10-18-13-45-16-48-18)51-33(65)23(12-28(59)60)52-35(67)26(15-57)54-31(63)20(5-3-7-46-37(41)42)49-29(61)19(39)11-27(40)58/h13,16-17,19-26,56-57H,3-12,14-15,39H2,1-2H3,(H2,40,58)(H,45,48)(H,49,61)(H,50,66)(H,51,65)(H,52,67)(H,53,62)(H,54,63)(H,55,64)(H,59,60)(H,68,69)(H4,41,42,46)(H4,43,44,47)/t19-,20-,21-,22-,23-,24-,25-,26-/m0/s1. The van der Waals surface area contributed by atoms with Crippen molar-refractivity contribution in [3.8, 4) is 0 Å². The molecule has 69 heavy (non-hydrogen) atoms. The summed E-state index contributed by atoms with van der Waals surface area (Å²) in [6.07, 6.45) is 0.413. The van der Waals surface area contributed by atoms with Crippen molar-refractivity contribution in [2.75, 3.05) is 26.3 Å². The Balaban J connectivity index is 3.29. The summed E-state index contributed by atoms with van der Waals surface area (Å²) in [6.45, 7) is 1.07. The maximum atomic E-state index is 13.7. The van der Waals surface area contributed by atoms with E-state index in [9.17, 15) is 68.4 Å². The van der Waals surface area contributed by atoms with E-state index in [0.29, 0.717) is 5.69 Å². The van der Waals surface area contributed by atoms with Gasteiger partial charge in [0.05, 0.1) is 38.4 Å². The number of aliphatic carboxylic acids is 2. The van der Waals surface area contributed by atoms with Crippen LogP contribution < -0.4 is 71.6 Å². The van der Waals surface area contributed by atoms with Gasteiger partial charge < -0.3 is 97.0 Å². The molecule has 0 fully saturated rings. The molecule has 31 heteroatoms. The Morgan fingerprint density at radius 1 is 0.594 bits per heavy atom. The second-order valence-corrected chi connectivity index (χ2v) is 15.8. The van der Waals surface area contributed by atoms with Crippen LogP contribution in [0.1, 0.15) is 64.5 Å². The average Bonchev–Trinajstić information content (AvgIpc) is 3.78. The van der Waals surface area contributed by atoms with Crippen molar-refractivity contribution in [3.63, 3.8) is 0 Å². The zero-order chi connectivity index (χ0) is 52.4. The molecule has 1 rings (SSSR count). The summed E-state index contributed by atoms with van der Waals surface area (Å²) in [5.41, 5.74) is 32.5. The number of aliphatic hydroxyl groups is 2. The Kier molecular flexibility index (Phi) is 26.3. The predicted octanol–water partition coefficient (Wildman–Crippen LogP) is -8.75. The van der Waals surface area contributed by atoms with Crippen molar-refractivity contribution in [2.24, 2.45) is 50.3 Å². The molecule has 0 aromatic carbocycles. The number of guanidine groups is 2. The third-order valence-corrected chi connectivity index (χ3v) is 9.49. The van der Waals surface area contributed by atoms with Crippen molar-refractivity contribution in [3.05, 3.63) is 18.2 Å². The molecule has 386 valence electrons. The van der Waals surface area contributed by atoms with E-state index in [4.69, 9.17) is 34.4 Å². The highest BCUT2D eigenvalue weighted by atomic mass is 16.4. The van der Waals surface area contributed by atoms with Gasteiger partial charge in [-0.3, -0.25) is 53.1 Å². The Labute approximate surface area is 394 Å². The summed E-state index contributed by atoms with van der Waals surface area (Å²) in [7, 11) is 0. The number of nitrogens with zero attached hydrogens (tertiary/aromatic N) is 3. The molecule has 24 N–H and O–H groups in total. The van der Waals surface area contributed by atoms with Crippen LogP contribution in [-0.2, 0) is 54.4 Å².